The summed E-state index contributed by atoms with van der Waals surface area (Å²) in [7, 11) is 0. The van der Waals surface area contributed by atoms with Crippen molar-refractivity contribution in [2.45, 2.75) is 0 Å². The molecule has 0 bridgehead atoms. The van der Waals surface area contributed by atoms with Crippen molar-refractivity contribution in [3.05, 3.63) is 67.6 Å². The van der Waals surface area contributed by atoms with Crippen LogP contribution in [-0.2, 0) is 9.59 Å². The Kier molecular flexibility index (Phi) is 4.77. The Hall–Kier alpha value is -2.92. The number of nitrogens with one attached hydrogen (secondary N) is 1. The molecule has 0 spiro atoms. The monoisotopic (exact) mass is 506 g/mol. The molecular formula is C19H11IN2O5S. The topological polar surface area (TPSA) is 99.9 Å². The van der Waals surface area contributed by atoms with Crippen molar-refractivity contribution >= 4 is 63.5 Å². The highest BCUT2D eigenvalue weighted by atomic mass is 127. The first-order valence-electron chi connectivity index (χ1n) is 7.98. The average Bonchev–Trinajstić information content (AvgIpc) is 3.38. The fourth-order valence-electron chi connectivity index (χ4n) is 2.72. The Balaban J connectivity index is 1.62. The van der Waals surface area contributed by atoms with Crippen LogP contribution in [0.25, 0.3) is 17.4 Å². The van der Waals surface area contributed by atoms with Gasteiger partial charge in [-0.15, -0.1) is 11.3 Å². The summed E-state index contributed by atoms with van der Waals surface area (Å²) in [5.74, 6) is -1.44. The maximum Gasteiger partial charge on any atom is 0.346 e. The summed E-state index contributed by atoms with van der Waals surface area (Å²) >= 11 is 3.24. The van der Waals surface area contributed by atoms with Crippen molar-refractivity contribution in [3.63, 3.8) is 0 Å². The van der Waals surface area contributed by atoms with Crippen LogP contribution in [0.5, 0.6) is 0 Å². The lowest BCUT2D eigenvalue weighted by Gasteiger charge is -2.14. The molecule has 0 unspecified atom stereocenters. The third-order valence-corrected chi connectivity index (χ3v) is 5.64. The number of hydrogen-bond donors (Lipinski definition) is 2. The lowest BCUT2D eigenvalue weighted by atomic mass is 10.2. The van der Waals surface area contributed by atoms with Crippen LogP contribution in [0, 0.1) is 3.57 Å². The van der Waals surface area contributed by atoms with Gasteiger partial charge in [0.2, 0.25) is 0 Å². The van der Waals surface area contributed by atoms with Gasteiger partial charge < -0.3 is 9.52 Å². The number of amides is 2. The summed E-state index contributed by atoms with van der Waals surface area (Å²) in [5, 5.41) is 12.1. The van der Waals surface area contributed by atoms with Gasteiger partial charge in [-0.05, 0) is 76.5 Å². The summed E-state index contributed by atoms with van der Waals surface area (Å²) in [6.07, 6.45) is 1.35. The summed E-state index contributed by atoms with van der Waals surface area (Å²) in [5.41, 5.74) is 3.45. The molecule has 2 aromatic heterocycles. The van der Waals surface area contributed by atoms with Crippen LogP contribution in [0.2, 0.25) is 0 Å². The molecule has 2 amide bonds. The fraction of sp³-hybridized carbons (Fsp3) is 0. The van der Waals surface area contributed by atoms with E-state index in [-0.39, 0.29) is 16.2 Å². The summed E-state index contributed by atoms with van der Waals surface area (Å²) in [6, 6.07) is 12.0. The van der Waals surface area contributed by atoms with Gasteiger partial charge in [0.1, 0.15) is 22.0 Å². The largest absolute Gasteiger partial charge is 0.477 e. The van der Waals surface area contributed by atoms with Crippen LogP contribution in [0.1, 0.15) is 15.4 Å². The average molecular weight is 506 g/mol. The molecule has 1 aromatic carbocycles. The highest BCUT2D eigenvalue weighted by Gasteiger charge is 2.34. The van der Waals surface area contributed by atoms with Gasteiger partial charge in [-0.1, -0.05) is 0 Å². The van der Waals surface area contributed by atoms with E-state index < -0.39 is 17.8 Å². The van der Waals surface area contributed by atoms with Gasteiger partial charge in [0, 0.05) is 9.13 Å². The van der Waals surface area contributed by atoms with Gasteiger partial charge in [-0.3, -0.25) is 15.0 Å². The third kappa shape index (κ3) is 3.34. The highest BCUT2D eigenvalue weighted by Crippen LogP contribution is 2.31. The molecule has 1 aliphatic rings. The minimum Gasteiger partial charge on any atom is -0.477 e. The number of carbonyl (C=O) groups excluding carboxylic acids is 2. The first-order valence-corrected chi connectivity index (χ1v) is 9.93. The normalized spacial score (nSPS) is 15.3. The van der Waals surface area contributed by atoms with E-state index in [0.717, 1.165) is 14.9 Å². The molecule has 3 heterocycles. The first-order chi connectivity index (χ1) is 13.4. The van der Waals surface area contributed by atoms with Gasteiger partial charge in [0.25, 0.3) is 11.8 Å². The van der Waals surface area contributed by atoms with Crippen LogP contribution in [0.3, 0.4) is 0 Å². The number of benzene rings is 1. The Morgan fingerprint density at radius 1 is 1.14 bits per heavy atom. The Bertz CT molecular complexity index is 1130. The summed E-state index contributed by atoms with van der Waals surface area (Å²) in [4.78, 5) is 36.3. The molecule has 0 saturated carbocycles. The van der Waals surface area contributed by atoms with E-state index in [1.165, 1.54) is 11.1 Å². The number of carboxylic acid groups (broad SMARTS) is 1. The number of anilines is 1. The fourth-order valence-corrected chi connectivity index (χ4v) is 3.81. The molecule has 1 saturated heterocycles. The molecule has 2 N–H and O–H groups in total. The second kappa shape index (κ2) is 7.24. The minimum atomic E-state index is -1.04. The van der Waals surface area contributed by atoms with Crippen LogP contribution < -0.4 is 10.4 Å². The van der Waals surface area contributed by atoms with E-state index >= 15 is 0 Å². The number of hydrazine groups is 1. The lowest BCUT2D eigenvalue weighted by Crippen LogP contribution is -2.35. The van der Waals surface area contributed by atoms with Gasteiger partial charge >= 0.3 is 5.97 Å². The molecule has 0 atom stereocenters. The zero-order valence-electron chi connectivity index (χ0n) is 14.0. The molecular weight excluding hydrogens is 495 g/mol. The molecule has 0 aliphatic carbocycles. The van der Waals surface area contributed by atoms with Crippen LogP contribution >= 0.6 is 33.9 Å². The van der Waals surface area contributed by atoms with Gasteiger partial charge in [-0.25, -0.2) is 9.80 Å². The first kappa shape index (κ1) is 18.4. The smallest absolute Gasteiger partial charge is 0.346 e. The molecule has 4 rings (SSSR count). The van der Waals surface area contributed by atoms with Gasteiger partial charge in [0.15, 0.2) is 0 Å². The van der Waals surface area contributed by atoms with E-state index in [9.17, 15) is 19.5 Å². The number of nitrogens with zero attached hydrogens (tertiary/aromatic N) is 1. The molecule has 1 fully saturated rings. The Morgan fingerprint density at radius 3 is 2.61 bits per heavy atom. The second-order valence-corrected chi connectivity index (χ2v) is 7.95. The van der Waals surface area contributed by atoms with Crippen LogP contribution in [-0.4, -0.2) is 22.9 Å². The van der Waals surface area contributed by atoms with E-state index in [1.807, 2.05) is 12.1 Å². The highest BCUT2D eigenvalue weighted by molar-refractivity contribution is 14.1. The number of thiophene rings is 1. The van der Waals surface area contributed by atoms with Crippen LogP contribution in [0.15, 0.2) is 57.8 Å². The number of rotatable bonds is 4. The Labute approximate surface area is 176 Å². The summed E-state index contributed by atoms with van der Waals surface area (Å²) in [6.45, 7) is 0. The molecule has 7 nitrogen and oxygen atoms in total. The number of aromatic carboxylic acids is 1. The zero-order chi connectivity index (χ0) is 19.8. The maximum atomic E-state index is 12.6. The van der Waals surface area contributed by atoms with E-state index in [4.69, 9.17) is 4.42 Å². The van der Waals surface area contributed by atoms with E-state index in [2.05, 4.69) is 28.0 Å². The standard InChI is InChI=1S/C19H11IN2O5S/c20-10-1-3-11(4-2-10)22-18(24)14(17(23)21-22)9-12-5-6-15(27-12)13-7-8-28-16(13)19(25)26/h1-9H,(H,21,23)(H,25,26). The number of halogens is 1. The van der Waals surface area contributed by atoms with Crippen LogP contribution in [0.4, 0.5) is 5.69 Å². The molecule has 3 aromatic rings. The number of hydrogen-bond acceptors (Lipinski definition) is 5. The van der Waals surface area contributed by atoms with Crippen molar-refractivity contribution in [2.75, 3.05) is 5.01 Å². The van der Waals surface area contributed by atoms with Crippen molar-refractivity contribution in [3.8, 4) is 11.3 Å². The minimum absolute atomic E-state index is 0.0665. The van der Waals surface area contributed by atoms with Gasteiger partial charge in [-0.2, -0.15) is 0 Å². The van der Waals surface area contributed by atoms with Crippen molar-refractivity contribution in [2.24, 2.45) is 0 Å². The third-order valence-electron chi connectivity index (χ3n) is 4.01. The molecule has 1 aliphatic heterocycles. The second-order valence-electron chi connectivity index (χ2n) is 5.79. The van der Waals surface area contributed by atoms with Crippen molar-refractivity contribution in [1.82, 2.24) is 5.43 Å². The number of carbonyl (C=O) groups is 3. The number of carboxylic acids is 1. The summed E-state index contributed by atoms with van der Waals surface area (Å²) < 4.78 is 6.66. The zero-order valence-corrected chi connectivity index (χ0v) is 17.0. The van der Waals surface area contributed by atoms with E-state index in [1.54, 1.807) is 35.7 Å². The lowest BCUT2D eigenvalue weighted by molar-refractivity contribution is -0.117. The van der Waals surface area contributed by atoms with Crippen molar-refractivity contribution in [1.29, 1.82) is 0 Å². The van der Waals surface area contributed by atoms with E-state index in [0.29, 0.717) is 17.0 Å². The molecule has 28 heavy (non-hydrogen) atoms. The molecule has 9 heteroatoms. The predicted molar refractivity (Wildman–Crippen MR) is 112 cm³/mol. The van der Waals surface area contributed by atoms with Gasteiger partial charge in [0.05, 0.1) is 5.69 Å². The molecule has 140 valence electrons. The molecule has 0 radical (unpaired) electrons. The Morgan fingerprint density at radius 2 is 1.89 bits per heavy atom. The quantitative estimate of drug-likeness (QED) is 0.319. The predicted octanol–water partition coefficient (Wildman–Crippen LogP) is 3.77. The maximum absolute atomic E-state index is 12.6. The number of furan rings is 1. The van der Waals surface area contributed by atoms with Crippen molar-refractivity contribution < 1.29 is 23.9 Å². The SMILES string of the molecule is O=C1NN(c2ccc(I)cc2)C(=O)C1=Cc1ccc(-c2ccsc2C(=O)O)o1.